The van der Waals surface area contributed by atoms with Gasteiger partial charge in [-0.1, -0.05) is 182 Å². The maximum atomic E-state index is 2.41. The standard InChI is InChI=1S/C58H39NS/c1-2-14-43(15-3-1)51-19-6-7-20-52(51)53-21-8-10-23-56(53)59(50-34-29-42(30-35-50)48-31-36-55-54-22-9-11-24-57(54)60-58(55)39-48)49-32-27-41(28-33-49)45-17-12-18-46(37-45)47-26-25-40-13-4-5-16-44(40)38-47/h1-39H. The van der Waals surface area contributed by atoms with E-state index in [-0.39, 0.29) is 0 Å². The summed E-state index contributed by atoms with van der Waals surface area (Å²) in [5, 5.41) is 5.15. The monoisotopic (exact) mass is 781 g/mol. The highest BCUT2D eigenvalue weighted by molar-refractivity contribution is 7.25. The van der Waals surface area contributed by atoms with E-state index in [0.29, 0.717) is 0 Å². The van der Waals surface area contributed by atoms with Crippen molar-refractivity contribution in [2.24, 2.45) is 0 Å². The average molecular weight is 782 g/mol. The van der Waals surface area contributed by atoms with Crippen molar-refractivity contribution >= 4 is 59.3 Å². The third-order valence-electron chi connectivity index (χ3n) is 11.7. The largest absolute Gasteiger partial charge is 0.310 e. The molecule has 0 saturated heterocycles. The minimum Gasteiger partial charge on any atom is -0.310 e. The highest BCUT2D eigenvalue weighted by Gasteiger charge is 2.20. The van der Waals surface area contributed by atoms with Gasteiger partial charge in [0.05, 0.1) is 5.69 Å². The molecule has 282 valence electrons. The molecule has 0 spiro atoms. The van der Waals surface area contributed by atoms with Gasteiger partial charge in [0.1, 0.15) is 0 Å². The first-order chi connectivity index (χ1) is 29.7. The van der Waals surface area contributed by atoms with Crippen molar-refractivity contribution in [3.05, 3.63) is 237 Å². The van der Waals surface area contributed by atoms with Crippen LogP contribution < -0.4 is 4.90 Å². The maximum Gasteiger partial charge on any atom is 0.0540 e. The van der Waals surface area contributed by atoms with Crippen LogP contribution in [0.4, 0.5) is 17.1 Å². The van der Waals surface area contributed by atoms with Crippen molar-refractivity contribution in [2.75, 3.05) is 4.90 Å². The van der Waals surface area contributed by atoms with E-state index in [4.69, 9.17) is 0 Å². The van der Waals surface area contributed by atoms with Gasteiger partial charge in [-0.05, 0) is 115 Å². The molecule has 60 heavy (non-hydrogen) atoms. The first kappa shape index (κ1) is 35.6. The number of nitrogens with zero attached hydrogens (tertiary/aromatic N) is 1. The molecule has 2 heteroatoms. The van der Waals surface area contributed by atoms with E-state index in [1.54, 1.807) is 0 Å². The zero-order valence-electron chi connectivity index (χ0n) is 32.9. The van der Waals surface area contributed by atoms with Crippen molar-refractivity contribution in [3.63, 3.8) is 0 Å². The van der Waals surface area contributed by atoms with Crippen LogP contribution in [0.1, 0.15) is 0 Å². The van der Waals surface area contributed by atoms with Crippen LogP contribution in [0, 0.1) is 0 Å². The van der Waals surface area contributed by atoms with Crippen molar-refractivity contribution in [1.82, 2.24) is 0 Å². The van der Waals surface area contributed by atoms with E-state index in [9.17, 15) is 0 Å². The Bertz CT molecular complexity index is 3310. The van der Waals surface area contributed by atoms with Gasteiger partial charge in [-0.2, -0.15) is 0 Å². The van der Waals surface area contributed by atoms with Gasteiger partial charge in [0.25, 0.3) is 0 Å². The number of rotatable bonds is 8. The van der Waals surface area contributed by atoms with Crippen LogP contribution in [-0.4, -0.2) is 0 Å². The fourth-order valence-corrected chi connectivity index (χ4v) is 9.81. The number of hydrogen-bond donors (Lipinski definition) is 0. The molecule has 1 nitrogen and oxygen atoms in total. The summed E-state index contributed by atoms with van der Waals surface area (Å²) in [4.78, 5) is 2.41. The lowest BCUT2D eigenvalue weighted by molar-refractivity contribution is 1.28. The molecule has 11 rings (SSSR count). The minimum atomic E-state index is 1.09. The zero-order valence-corrected chi connectivity index (χ0v) is 33.7. The SMILES string of the molecule is c1ccc(-c2ccccc2-c2ccccc2N(c2ccc(-c3cccc(-c4ccc5ccccc5c4)c3)cc2)c2ccc(-c3ccc4c(c3)sc3ccccc34)cc2)cc1. The Kier molecular flexibility index (Phi) is 9.11. The van der Waals surface area contributed by atoms with Crippen LogP contribution in [0.3, 0.4) is 0 Å². The highest BCUT2D eigenvalue weighted by atomic mass is 32.1. The number of fused-ring (bicyclic) bond motifs is 4. The van der Waals surface area contributed by atoms with Gasteiger partial charge < -0.3 is 4.90 Å². The smallest absolute Gasteiger partial charge is 0.0540 e. The molecular weight excluding hydrogens is 743 g/mol. The van der Waals surface area contributed by atoms with Gasteiger partial charge in [-0.3, -0.25) is 0 Å². The van der Waals surface area contributed by atoms with E-state index >= 15 is 0 Å². The second-order valence-corrected chi connectivity index (χ2v) is 16.4. The van der Waals surface area contributed by atoms with Crippen LogP contribution in [0.2, 0.25) is 0 Å². The lowest BCUT2D eigenvalue weighted by atomic mass is 9.93. The topological polar surface area (TPSA) is 3.24 Å². The first-order valence-electron chi connectivity index (χ1n) is 20.5. The summed E-state index contributed by atoms with van der Waals surface area (Å²) in [6.07, 6.45) is 0. The van der Waals surface area contributed by atoms with Gasteiger partial charge >= 0.3 is 0 Å². The molecule has 0 fully saturated rings. The normalized spacial score (nSPS) is 11.3. The number of benzene rings is 10. The molecule has 0 saturated carbocycles. The van der Waals surface area contributed by atoms with Crippen molar-refractivity contribution in [2.45, 2.75) is 0 Å². The molecule has 10 aromatic carbocycles. The summed E-state index contributed by atoms with van der Waals surface area (Å²) < 4.78 is 2.64. The molecule has 11 aromatic rings. The Hall–Kier alpha value is -7.52. The fraction of sp³-hybridized carbons (Fsp3) is 0. The summed E-state index contributed by atoms with van der Waals surface area (Å²) in [5.41, 5.74) is 15.3. The van der Waals surface area contributed by atoms with Gasteiger partial charge in [-0.15, -0.1) is 11.3 Å². The summed E-state index contributed by atoms with van der Waals surface area (Å²) in [5.74, 6) is 0. The Morgan fingerprint density at radius 3 is 1.55 bits per heavy atom. The molecule has 0 atom stereocenters. The molecule has 1 aromatic heterocycles. The van der Waals surface area contributed by atoms with Gasteiger partial charge in [0.2, 0.25) is 0 Å². The lowest BCUT2D eigenvalue weighted by Crippen LogP contribution is -2.11. The summed E-state index contributed by atoms with van der Waals surface area (Å²) in [6, 6.07) is 86.2. The summed E-state index contributed by atoms with van der Waals surface area (Å²) >= 11 is 1.86. The molecule has 0 radical (unpaired) electrons. The Balaban J connectivity index is 1.00. The quantitative estimate of drug-likeness (QED) is 0.148. The Morgan fingerprint density at radius 2 is 0.783 bits per heavy atom. The summed E-state index contributed by atoms with van der Waals surface area (Å²) in [7, 11) is 0. The molecule has 0 bridgehead atoms. The number of para-hydroxylation sites is 1. The van der Waals surface area contributed by atoms with Crippen LogP contribution in [0.25, 0.3) is 86.6 Å². The third-order valence-corrected chi connectivity index (χ3v) is 12.8. The van der Waals surface area contributed by atoms with Gasteiger partial charge in [-0.25, -0.2) is 0 Å². The minimum absolute atomic E-state index is 1.09. The number of thiophene rings is 1. The Labute approximate surface area is 354 Å². The average Bonchev–Trinajstić information content (AvgIpc) is 3.70. The van der Waals surface area contributed by atoms with E-state index < -0.39 is 0 Å². The zero-order chi connectivity index (χ0) is 39.8. The molecule has 0 aliphatic rings. The molecule has 0 unspecified atom stereocenters. The Morgan fingerprint density at radius 1 is 0.267 bits per heavy atom. The molecule has 0 aliphatic heterocycles. The maximum absolute atomic E-state index is 2.41. The van der Waals surface area contributed by atoms with Crippen LogP contribution in [0.15, 0.2) is 237 Å². The van der Waals surface area contributed by atoms with Crippen LogP contribution in [-0.2, 0) is 0 Å². The lowest BCUT2D eigenvalue weighted by Gasteiger charge is -2.29. The van der Waals surface area contributed by atoms with E-state index in [2.05, 4.69) is 241 Å². The molecule has 0 aliphatic carbocycles. The predicted octanol–water partition coefficient (Wildman–Crippen LogP) is 17.0. The number of anilines is 3. The molecule has 1 heterocycles. The van der Waals surface area contributed by atoms with Crippen molar-refractivity contribution in [1.29, 1.82) is 0 Å². The van der Waals surface area contributed by atoms with Gasteiger partial charge in [0.15, 0.2) is 0 Å². The van der Waals surface area contributed by atoms with Crippen LogP contribution in [0.5, 0.6) is 0 Å². The molecule has 0 N–H and O–H groups in total. The van der Waals surface area contributed by atoms with Gasteiger partial charge in [0, 0.05) is 37.1 Å². The molecular formula is C58H39NS. The van der Waals surface area contributed by atoms with Crippen molar-refractivity contribution in [3.8, 4) is 55.6 Å². The predicted molar refractivity (Wildman–Crippen MR) is 259 cm³/mol. The van der Waals surface area contributed by atoms with E-state index in [1.165, 1.54) is 86.6 Å². The second-order valence-electron chi connectivity index (χ2n) is 15.3. The number of hydrogen-bond acceptors (Lipinski definition) is 2. The van der Waals surface area contributed by atoms with E-state index in [0.717, 1.165) is 17.1 Å². The van der Waals surface area contributed by atoms with Crippen LogP contribution >= 0.6 is 11.3 Å². The first-order valence-corrected chi connectivity index (χ1v) is 21.3. The fourth-order valence-electron chi connectivity index (χ4n) is 8.67. The highest BCUT2D eigenvalue weighted by Crippen LogP contribution is 2.45. The van der Waals surface area contributed by atoms with E-state index in [1.807, 2.05) is 11.3 Å². The van der Waals surface area contributed by atoms with Crippen molar-refractivity contribution < 1.29 is 0 Å². The second kappa shape index (κ2) is 15.3. The third kappa shape index (κ3) is 6.63. The summed E-state index contributed by atoms with van der Waals surface area (Å²) in [6.45, 7) is 0. The molecule has 0 amide bonds.